The first-order valence-corrected chi connectivity index (χ1v) is 7.95. The van der Waals surface area contributed by atoms with Crippen molar-refractivity contribution in [1.29, 1.82) is 0 Å². The Bertz CT molecular complexity index is 772. The van der Waals surface area contributed by atoms with Crippen LogP contribution in [0.3, 0.4) is 0 Å². The summed E-state index contributed by atoms with van der Waals surface area (Å²) in [5.41, 5.74) is 1.69. The van der Waals surface area contributed by atoms with Crippen molar-refractivity contribution in [3.05, 3.63) is 64.4 Å². The van der Waals surface area contributed by atoms with E-state index in [2.05, 4.69) is 5.32 Å². The van der Waals surface area contributed by atoms with Crippen LogP contribution in [0.4, 0.5) is 10.1 Å². The molecule has 2 aromatic carbocycles. The van der Waals surface area contributed by atoms with E-state index in [9.17, 15) is 14.0 Å². The van der Waals surface area contributed by atoms with Gasteiger partial charge in [0.2, 0.25) is 5.91 Å². The first-order chi connectivity index (χ1) is 11.5. The van der Waals surface area contributed by atoms with E-state index in [0.717, 1.165) is 11.3 Å². The number of anilines is 1. The van der Waals surface area contributed by atoms with E-state index in [0.29, 0.717) is 6.54 Å². The van der Waals surface area contributed by atoms with Crippen LogP contribution in [0.2, 0.25) is 5.02 Å². The Morgan fingerprint density at radius 3 is 2.62 bits per heavy atom. The van der Waals surface area contributed by atoms with Crippen LogP contribution in [0.1, 0.15) is 22.3 Å². The lowest BCUT2D eigenvalue weighted by Crippen LogP contribution is -2.37. The SMILES string of the molecule is Cc1ccc(N2CC(NC(=O)c3c(F)cccc3Cl)CC2=O)cc1. The van der Waals surface area contributed by atoms with Gasteiger partial charge in [-0.2, -0.15) is 0 Å². The molecule has 2 aromatic rings. The van der Waals surface area contributed by atoms with Gasteiger partial charge < -0.3 is 10.2 Å². The van der Waals surface area contributed by atoms with E-state index < -0.39 is 11.7 Å². The van der Waals surface area contributed by atoms with Gasteiger partial charge in [-0.05, 0) is 31.2 Å². The Hall–Kier alpha value is -2.40. The molecule has 3 rings (SSSR count). The molecular formula is C18H16ClFN2O2. The van der Waals surface area contributed by atoms with Gasteiger partial charge in [0.25, 0.3) is 5.91 Å². The molecule has 2 amide bonds. The van der Waals surface area contributed by atoms with Crippen LogP contribution < -0.4 is 10.2 Å². The first kappa shape index (κ1) is 16.5. The Balaban J connectivity index is 1.72. The van der Waals surface area contributed by atoms with Crippen molar-refractivity contribution in [1.82, 2.24) is 5.32 Å². The molecule has 1 aliphatic heterocycles. The number of halogens is 2. The molecule has 0 radical (unpaired) electrons. The molecule has 1 fully saturated rings. The Kier molecular flexibility index (Phi) is 4.53. The molecule has 6 heteroatoms. The smallest absolute Gasteiger partial charge is 0.256 e. The first-order valence-electron chi connectivity index (χ1n) is 7.57. The standard InChI is InChI=1S/C18H16ClFN2O2/c1-11-5-7-13(8-6-11)22-10-12(9-16(22)23)21-18(24)17-14(19)3-2-4-15(17)20/h2-8,12H,9-10H2,1H3,(H,21,24). The number of nitrogens with zero attached hydrogens (tertiary/aromatic N) is 1. The van der Waals surface area contributed by atoms with Crippen molar-refractivity contribution in [3.8, 4) is 0 Å². The molecule has 1 atom stereocenters. The average molecular weight is 347 g/mol. The molecule has 0 saturated carbocycles. The van der Waals surface area contributed by atoms with E-state index in [1.54, 1.807) is 4.90 Å². The Morgan fingerprint density at radius 2 is 1.96 bits per heavy atom. The van der Waals surface area contributed by atoms with E-state index in [1.807, 2.05) is 31.2 Å². The second-order valence-corrected chi connectivity index (χ2v) is 6.22. The van der Waals surface area contributed by atoms with Crippen molar-refractivity contribution in [2.45, 2.75) is 19.4 Å². The predicted octanol–water partition coefficient (Wildman–Crippen LogP) is 3.32. The summed E-state index contributed by atoms with van der Waals surface area (Å²) in [4.78, 5) is 26.1. The molecule has 0 spiro atoms. The second-order valence-electron chi connectivity index (χ2n) is 5.81. The predicted molar refractivity (Wildman–Crippen MR) is 90.8 cm³/mol. The zero-order chi connectivity index (χ0) is 17.3. The fraction of sp³-hybridized carbons (Fsp3) is 0.222. The molecule has 0 aliphatic carbocycles. The third-order valence-corrected chi connectivity index (χ3v) is 4.31. The zero-order valence-electron chi connectivity index (χ0n) is 13.1. The summed E-state index contributed by atoms with van der Waals surface area (Å²) in [5.74, 6) is -1.37. The molecule has 1 aliphatic rings. The van der Waals surface area contributed by atoms with Crippen LogP contribution in [0.5, 0.6) is 0 Å². The molecular weight excluding hydrogens is 331 g/mol. The van der Waals surface area contributed by atoms with Gasteiger partial charge in [0, 0.05) is 18.7 Å². The maximum Gasteiger partial charge on any atom is 0.256 e. The average Bonchev–Trinajstić information content (AvgIpc) is 2.88. The largest absolute Gasteiger partial charge is 0.347 e. The van der Waals surface area contributed by atoms with Crippen LogP contribution in [-0.4, -0.2) is 24.4 Å². The van der Waals surface area contributed by atoms with Gasteiger partial charge in [0.15, 0.2) is 0 Å². The quantitative estimate of drug-likeness (QED) is 0.926. The molecule has 4 nitrogen and oxygen atoms in total. The van der Waals surface area contributed by atoms with Gasteiger partial charge in [0.1, 0.15) is 5.82 Å². The molecule has 1 N–H and O–H groups in total. The number of carbonyl (C=O) groups excluding carboxylic acids is 2. The summed E-state index contributed by atoms with van der Waals surface area (Å²) in [7, 11) is 0. The normalized spacial score (nSPS) is 17.2. The number of rotatable bonds is 3. The number of benzene rings is 2. The molecule has 1 saturated heterocycles. The lowest BCUT2D eigenvalue weighted by molar-refractivity contribution is -0.117. The maximum absolute atomic E-state index is 13.8. The van der Waals surface area contributed by atoms with Crippen LogP contribution in [0.15, 0.2) is 42.5 Å². The van der Waals surface area contributed by atoms with Gasteiger partial charge in [-0.1, -0.05) is 35.4 Å². The lowest BCUT2D eigenvalue weighted by Gasteiger charge is -2.17. The van der Waals surface area contributed by atoms with Crippen molar-refractivity contribution >= 4 is 29.1 Å². The topological polar surface area (TPSA) is 49.4 Å². The monoisotopic (exact) mass is 346 g/mol. The minimum absolute atomic E-state index is 0.0483. The van der Waals surface area contributed by atoms with Crippen LogP contribution in [0, 0.1) is 12.7 Å². The van der Waals surface area contributed by atoms with E-state index >= 15 is 0 Å². The highest BCUT2D eigenvalue weighted by Crippen LogP contribution is 2.23. The van der Waals surface area contributed by atoms with Crippen molar-refractivity contribution in [2.75, 3.05) is 11.4 Å². The van der Waals surface area contributed by atoms with Gasteiger partial charge in [-0.3, -0.25) is 9.59 Å². The van der Waals surface area contributed by atoms with E-state index in [4.69, 9.17) is 11.6 Å². The van der Waals surface area contributed by atoms with Gasteiger partial charge in [-0.25, -0.2) is 4.39 Å². The number of aryl methyl sites for hydroxylation is 1. The van der Waals surface area contributed by atoms with Crippen molar-refractivity contribution in [3.63, 3.8) is 0 Å². The fourth-order valence-electron chi connectivity index (χ4n) is 2.75. The Labute approximate surface area is 144 Å². The molecule has 24 heavy (non-hydrogen) atoms. The van der Waals surface area contributed by atoms with E-state index in [-0.39, 0.29) is 29.0 Å². The minimum Gasteiger partial charge on any atom is -0.347 e. The number of amides is 2. The zero-order valence-corrected chi connectivity index (χ0v) is 13.8. The van der Waals surface area contributed by atoms with Crippen LogP contribution in [0.25, 0.3) is 0 Å². The molecule has 0 aromatic heterocycles. The van der Waals surface area contributed by atoms with Crippen LogP contribution in [-0.2, 0) is 4.79 Å². The third-order valence-electron chi connectivity index (χ3n) is 4.00. The number of hydrogen-bond acceptors (Lipinski definition) is 2. The van der Waals surface area contributed by atoms with Gasteiger partial charge in [0.05, 0.1) is 16.6 Å². The number of carbonyl (C=O) groups is 2. The van der Waals surface area contributed by atoms with Gasteiger partial charge in [-0.15, -0.1) is 0 Å². The van der Waals surface area contributed by atoms with Crippen molar-refractivity contribution < 1.29 is 14.0 Å². The second kappa shape index (κ2) is 6.61. The number of nitrogens with one attached hydrogen (secondary N) is 1. The molecule has 1 heterocycles. The molecule has 1 unspecified atom stereocenters. The van der Waals surface area contributed by atoms with Crippen molar-refractivity contribution in [2.24, 2.45) is 0 Å². The summed E-state index contributed by atoms with van der Waals surface area (Å²) in [6.45, 7) is 2.32. The summed E-state index contributed by atoms with van der Waals surface area (Å²) >= 11 is 5.90. The summed E-state index contributed by atoms with van der Waals surface area (Å²) in [5, 5.41) is 2.74. The third kappa shape index (κ3) is 3.26. The Morgan fingerprint density at radius 1 is 1.25 bits per heavy atom. The van der Waals surface area contributed by atoms with Gasteiger partial charge >= 0.3 is 0 Å². The highest BCUT2D eigenvalue weighted by molar-refractivity contribution is 6.33. The highest BCUT2D eigenvalue weighted by atomic mass is 35.5. The summed E-state index contributed by atoms with van der Waals surface area (Å²) < 4.78 is 13.8. The molecule has 124 valence electrons. The highest BCUT2D eigenvalue weighted by Gasteiger charge is 2.32. The lowest BCUT2D eigenvalue weighted by atomic mass is 10.1. The minimum atomic E-state index is -0.681. The maximum atomic E-state index is 13.8. The van der Waals surface area contributed by atoms with Crippen LogP contribution >= 0.6 is 11.6 Å². The van der Waals surface area contributed by atoms with E-state index in [1.165, 1.54) is 18.2 Å². The number of hydrogen-bond donors (Lipinski definition) is 1. The fourth-order valence-corrected chi connectivity index (χ4v) is 3.00. The summed E-state index contributed by atoms with van der Waals surface area (Å²) in [6, 6.07) is 11.3. The molecule has 0 bridgehead atoms. The summed E-state index contributed by atoms with van der Waals surface area (Å²) in [6.07, 6.45) is 0.172.